The van der Waals surface area contributed by atoms with Crippen molar-refractivity contribution in [3.05, 3.63) is 53.9 Å². The lowest BCUT2D eigenvalue weighted by atomic mass is 10.1. The number of aliphatic hydroxyl groups is 1. The van der Waals surface area contributed by atoms with Crippen LogP contribution in [0.1, 0.15) is 11.1 Å². The van der Waals surface area contributed by atoms with Gasteiger partial charge in [0.25, 0.3) is 0 Å². The number of β-amino-alcohol motifs (C(OH)–C–C–N with tert-alkyl or cyclic N) is 1. The summed E-state index contributed by atoms with van der Waals surface area (Å²) in [6.45, 7) is 5.56. The molecule has 1 aromatic heterocycles. The topological polar surface area (TPSA) is 67.3 Å². The molecule has 0 aliphatic carbocycles. The molecule has 0 unspecified atom stereocenters. The van der Waals surface area contributed by atoms with Crippen molar-refractivity contribution in [2.45, 2.75) is 19.2 Å². The van der Waals surface area contributed by atoms with Crippen LogP contribution >= 0.6 is 0 Å². The average Bonchev–Trinajstić information content (AvgIpc) is 2.74. The first-order chi connectivity index (χ1) is 14.1. The van der Waals surface area contributed by atoms with Crippen molar-refractivity contribution in [2.75, 3.05) is 53.6 Å². The third-order valence-corrected chi connectivity index (χ3v) is 4.86. The lowest BCUT2D eigenvalue weighted by Gasteiger charge is -2.28. The Morgan fingerprint density at radius 2 is 1.97 bits per heavy atom. The van der Waals surface area contributed by atoms with Gasteiger partial charge in [0.05, 0.1) is 20.3 Å². The van der Waals surface area contributed by atoms with Crippen LogP contribution in [-0.2, 0) is 17.8 Å². The number of nitrogens with zero attached hydrogens (tertiary/aromatic N) is 3. The van der Waals surface area contributed by atoms with Crippen molar-refractivity contribution in [3.63, 3.8) is 0 Å². The summed E-state index contributed by atoms with van der Waals surface area (Å²) >= 11 is 0. The summed E-state index contributed by atoms with van der Waals surface area (Å²) < 4.78 is 16.7. The van der Waals surface area contributed by atoms with E-state index >= 15 is 0 Å². The number of ether oxygens (including phenoxy) is 3. The second kappa shape index (κ2) is 11.1. The van der Waals surface area contributed by atoms with Crippen LogP contribution in [0.3, 0.4) is 0 Å². The van der Waals surface area contributed by atoms with Gasteiger partial charge in [-0.3, -0.25) is 14.8 Å². The molecule has 1 fully saturated rings. The zero-order chi connectivity index (χ0) is 20.5. The van der Waals surface area contributed by atoms with Crippen molar-refractivity contribution in [3.8, 4) is 11.5 Å². The van der Waals surface area contributed by atoms with Gasteiger partial charge in [0.1, 0.15) is 12.7 Å². The van der Waals surface area contributed by atoms with Gasteiger partial charge < -0.3 is 19.3 Å². The number of methoxy groups -OCH3 is 1. The number of aliphatic hydroxyl groups excluding tert-OH is 1. The van der Waals surface area contributed by atoms with Gasteiger partial charge in [0, 0.05) is 45.1 Å². The second-order valence-electron chi connectivity index (χ2n) is 7.40. The Hall–Kier alpha value is -2.19. The molecule has 0 radical (unpaired) electrons. The molecule has 1 aromatic carbocycles. The highest BCUT2D eigenvalue weighted by atomic mass is 16.5. The number of hydrogen-bond donors (Lipinski definition) is 1. The van der Waals surface area contributed by atoms with E-state index in [2.05, 4.69) is 27.9 Å². The molecule has 2 aromatic rings. The minimum Gasteiger partial charge on any atom is -0.493 e. The molecule has 0 saturated carbocycles. The van der Waals surface area contributed by atoms with Crippen LogP contribution in [0, 0.1) is 0 Å². The lowest BCUT2D eigenvalue weighted by molar-refractivity contribution is 0.00445. The summed E-state index contributed by atoms with van der Waals surface area (Å²) in [4.78, 5) is 8.57. The number of rotatable bonds is 10. The Bertz CT molecular complexity index is 738. The fourth-order valence-electron chi connectivity index (χ4n) is 3.42. The first-order valence-electron chi connectivity index (χ1n) is 9.99. The van der Waals surface area contributed by atoms with Crippen LogP contribution in [0.2, 0.25) is 0 Å². The number of aromatic nitrogens is 1. The van der Waals surface area contributed by atoms with Crippen molar-refractivity contribution in [1.82, 2.24) is 14.8 Å². The molecule has 0 spiro atoms. The number of morpholine rings is 1. The van der Waals surface area contributed by atoms with Crippen LogP contribution in [0.5, 0.6) is 11.5 Å². The summed E-state index contributed by atoms with van der Waals surface area (Å²) in [5.74, 6) is 1.32. The molecule has 0 bridgehead atoms. The highest BCUT2D eigenvalue weighted by Gasteiger charge is 2.16. The quantitative estimate of drug-likeness (QED) is 0.651. The smallest absolute Gasteiger partial charge is 0.161 e. The molecular formula is C22H31N3O4. The van der Waals surface area contributed by atoms with E-state index in [1.165, 1.54) is 5.56 Å². The SMILES string of the molecule is COc1cc(CN(C)Cc2cccnc2)ccc1OC[C@@H](O)CN1CCOCC1. The van der Waals surface area contributed by atoms with Crippen molar-refractivity contribution >= 4 is 0 Å². The summed E-state index contributed by atoms with van der Waals surface area (Å²) in [6, 6.07) is 9.96. The maximum atomic E-state index is 10.3. The van der Waals surface area contributed by atoms with E-state index in [9.17, 15) is 5.11 Å². The molecule has 1 atom stereocenters. The number of hydrogen-bond acceptors (Lipinski definition) is 7. The van der Waals surface area contributed by atoms with Gasteiger partial charge in [-0.2, -0.15) is 0 Å². The summed E-state index contributed by atoms with van der Waals surface area (Å²) in [6.07, 6.45) is 3.12. The fourth-order valence-corrected chi connectivity index (χ4v) is 3.42. The summed E-state index contributed by atoms with van der Waals surface area (Å²) in [7, 11) is 3.71. The van der Waals surface area contributed by atoms with Crippen LogP contribution in [0.25, 0.3) is 0 Å². The van der Waals surface area contributed by atoms with E-state index in [-0.39, 0.29) is 6.61 Å². The van der Waals surface area contributed by atoms with E-state index in [4.69, 9.17) is 14.2 Å². The average molecular weight is 402 g/mol. The molecular weight excluding hydrogens is 370 g/mol. The Morgan fingerprint density at radius 1 is 1.17 bits per heavy atom. The van der Waals surface area contributed by atoms with E-state index in [0.29, 0.717) is 18.0 Å². The lowest BCUT2D eigenvalue weighted by Crippen LogP contribution is -2.42. The van der Waals surface area contributed by atoms with E-state index in [0.717, 1.165) is 45.0 Å². The van der Waals surface area contributed by atoms with Gasteiger partial charge in [-0.15, -0.1) is 0 Å². The molecule has 7 heteroatoms. The summed E-state index contributed by atoms with van der Waals surface area (Å²) in [5, 5.41) is 10.3. The molecule has 1 aliphatic rings. The molecule has 1 saturated heterocycles. The molecule has 158 valence electrons. The normalized spacial score (nSPS) is 16.0. The zero-order valence-corrected chi connectivity index (χ0v) is 17.3. The third kappa shape index (κ3) is 6.97. The van der Waals surface area contributed by atoms with E-state index in [1.54, 1.807) is 13.3 Å². The van der Waals surface area contributed by atoms with Crippen molar-refractivity contribution < 1.29 is 19.3 Å². The van der Waals surface area contributed by atoms with Gasteiger partial charge in [0.2, 0.25) is 0 Å². The van der Waals surface area contributed by atoms with Gasteiger partial charge in [-0.1, -0.05) is 12.1 Å². The van der Waals surface area contributed by atoms with Crippen molar-refractivity contribution in [1.29, 1.82) is 0 Å². The van der Waals surface area contributed by atoms with E-state index < -0.39 is 6.10 Å². The van der Waals surface area contributed by atoms with Gasteiger partial charge in [0.15, 0.2) is 11.5 Å². The monoisotopic (exact) mass is 401 g/mol. The largest absolute Gasteiger partial charge is 0.493 e. The van der Waals surface area contributed by atoms with Crippen LogP contribution in [0.4, 0.5) is 0 Å². The van der Waals surface area contributed by atoms with E-state index in [1.807, 2.05) is 30.5 Å². The van der Waals surface area contributed by atoms with Crippen LogP contribution in [0.15, 0.2) is 42.7 Å². The highest BCUT2D eigenvalue weighted by Crippen LogP contribution is 2.28. The highest BCUT2D eigenvalue weighted by molar-refractivity contribution is 5.43. The molecule has 29 heavy (non-hydrogen) atoms. The van der Waals surface area contributed by atoms with Crippen LogP contribution in [-0.4, -0.2) is 79.6 Å². The van der Waals surface area contributed by atoms with Crippen molar-refractivity contribution in [2.24, 2.45) is 0 Å². The minimum absolute atomic E-state index is 0.230. The second-order valence-corrected chi connectivity index (χ2v) is 7.40. The van der Waals surface area contributed by atoms with Gasteiger partial charge >= 0.3 is 0 Å². The molecule has 1 N–H and O–H groups in total. The first kappa shape index (κ1) is 21.5. The predicted octanol–water partition coefficient (Wildman–Crippen LogP) is 1.79. The molecule has 7 nitrogen and oxygen atoms in total. The number of pyridine rings is 1. The summed E-state index contributed by atoms with van der Waals surface area (Å²) in [5.41, 5.74) is 2.31. The Balaban J connectivity index is 1.51. The minimum atomic E-state index is -0.553. The van der Waals surface area contributed by atoms with Gasteiger partial charge in [-0.25, -0.2) is 0 Å². The predicted molar refractivity (Wildman–Crippen MR) is 111 cm³/mol. The molecule has 2 heterocycles. The van der Waals surface area contributed by atoms with Crippen LogP contribution < -0.4 is 9.47 Å². The molecule has 1 aliphatic heterocycles. The Morgan fingerprint density at radius 3 is 2.69 bits per heavy atom. The van der Waals surface area contributed by atoms with Gasteiger partial charge in [-0.05, 0) is 36.4 Å². The molecule has 3 rings (SSSR count). The third-order valence-electron chi connectivity index (χ3n) is 4.86. The Kier molecular flexibility index (Phi) is 8.25. The maximum Gasteiger partial charge on any atom is 0.161 e. The standard InChI is InChI=1S/C22H31N3O4/c1-24(15-19-4-3-7-23-13-19)14-18-5-6-21(22(12-18)27-2)29-17-20(26)16-25-8-10-28-11-9-25/h3-7,12-13,20,26H,8-11,14-17H2,1-2H3/t20-/m0/s1. The zero-order valence-electron chi connectivity index (χ0n) is 17.3. The number of benzene rings is 1. The molecule has 0 amide bonds. The Labute approximate surface area is 172 Å². The maximum absolute atomic E-state index is 10.3. The first-order valence-corrected chi connectivity index (χ1v) is 9.99. The fraction of sp³-hybridized carbons (Fsp3) is 0.500.